The number of nitrogens with zero attached hydrogens (tertiary/aromatic N) is 4. The van der Waals surface area contributed by atoms with Crippen LogP contribution in [0.1, 0.15) is 10.4 Å². The number of aromatic nitrogens is 1. The molecule has 0 spiro atoms. The van der Waals surface area contributed by atoms with Crippen LogP contribution in [0.2, 0.25) is 0 Å². The Bertz CT molecular complexity index is 1160. The molecule has 0 unspecified atom stereocenters. The number of fused-ring (bicyclic) bond motifs is 1. The van der Waals surface area contributed by atoms with Crippen LogP contribution in [0.25, 0.3) is 10.9 Å². The monoisotopic (exact) mass is 550 g/mol. The van der Waals surface area contributed by atoms with E-state index in [2.05, 4.69) is 27.6 Å². The van der Waals surface area contributed by atoms with E-state index in [1.807, 2.05) is 19.0 Å². The molecule has 0 aliphatic heterocycles. The summed E-state index contributed by atoms with van der Waals surface area (Å²) < 4.78 is 11.4. The van der Waals surface area contributed by atoms with E-state index in [-0.39, 0.29) is 11.6 Å². The number of amides is 1. The van der Waals surface area contributed by atoms with Crippen LogP contribution in [-0.2, 0) is 0 Å². The standard InChI is InChI=1S/C22H23IN4O5/c1-25(2)10-11-26(22(28)14-12-19(31-3)20(32-4)13-15(14)23)17-8-9-24-16-6-5-7-18(21(16)17)27(29)30/h5-9,12-13H,10-11H2,1-4H3. The Hall–Kier alpha value is -2.99. The number of carbonyl (C=O) groups excluding carboxylic acids is 1. The largest absolute Gasteiger partial charge is 0.493 e. The van der Waals surface area contributed by atoms with Crippen molar-refractivity contribution < 1.29 is 19.2 Å². The van der Waals surface area contributed by atoms with E-state index in [0.717, 1.165) is 0 Å². The molecule has 0 bridgehead atoms. The number of pyridine rings is 1. The Morgan fingerprint density at radius 3 is 2.44 bits per heavy atom. The molecule has 3 rings (SSSR count). The molecule has 32 heavy (non-hydrogen) atoms. The zero-order valence-electron chi connectivity index (χ0n) is 18.2. The van der Waals surface area contributed by atoms with Crippen molar-refractivity contribution in [2.75, 3.05) is 46.3 Å². The second-order valence-corrected chi connectivity index (χ2v) is 8.37. The molecule has 0 saturated carbocycles. The molecular formula is C22H23IN4O5. The second-order valence-electron chi connectivity index (χ2n) is 7.21. The normalized spacial score (nSPS) is 10.9. The first-order valence-corrected chi connectivity index (χ1v) is 10.8. The number of rotatable bonds is 8. The summed E-state index contributed by atoms with van der Waals surface area (Å²) in [5, 5.41) is 12.1. The molecule has 0 radical (unpaired) electrons. The van der Waals surface area contributed by atoms with E-state index in [1.165, 1.54) is 20.3 Å². The highest BCUT2D eigenvalue weighted by molar-refractivity contribution is 14.1. The fourth-order valence-corrected chi connectivity index (χ4v) is 4.01. The van der Waals surface area contributed by atoms with Gasteiger partial charge in [-0.25, -0.2) is 0 Å². The van der Waals surface area contributed by atoms with Crippen LogP contribution in [-0.4, -0.2) is 62.1 Å². The van der Waals surface area contributed by atoms with Gasteiger partial charge in [0, 0.05) is 28.9 Å². The smallest absolute Gasteiger partial charge is 0.280 e. The fraction of sp³-hybridized carbons (Fsp3) is 0.273. The molecule has 9 nitrogen and oxygen atoms in total. The average molecular weight is 550 g/mol. The van der Waals surface area contributed by atoms with Gasteiger partial charge >= 0.3 is 0 Å². The number of benzene rings is 2. The van der Waals surface area contributed by atoms with Gasteiger partial charge in [0.1, 0.15) is 5.39 Å². The van der Waals surface area contributed by atoms with Crippen molar-refractivity contribution in [2.24, 2.45) is 0 Å². The number of methoxy groups -OCH3 is 2. The molecule has 168 valence electrons. The third-order valence-corrected chi connectivity index (χ3v) is 5.82. The minimum absolute atomic E-state index is 0.102. The van der Waals surface area contributed by atoms with E-state index in [1.54, 1.807) is 41.4 Å². The number of nitro benzene ring substituents is 1. The van der Waals surface area contributed by atoms with Gasteiger partial charge in [0.05, 0.1) is 35.9 Å². The average Bonchev–Trinajstić information content (AvgIpc) is 2.78. The Labute approximate surface area is 199 Å². The third-order valence-electron chi connectivity index (χ3n) is 4.93. The molecule has 10 heteroatoms. The summed E-state index contributed by atoms with van der Waals surface area (Å²) in [6, 6.07) is 9.69. The highest BCUT2D eigenvalue weighted by Gasteiger charge is 2.26. The van der Waals surface area contributed by atoms with Crippen molar-refractivity contribution in [3.63, 3.8) is 0 Å². The minimum Gasteiger partial charge on any atom is -0.493 e. The minimum atomic E-state index is -0.456. The number of likely N-dealkylation sites (N-methyl/N-ethyl adjacent to an activating group) is 1. The van der Waals surface area contributed by atoms with E-state index in [9.17, 15) is 14.9 Å². The number of hydrogen-bond acceptors (Lipinski definition) is 7. The number of carbonyl (C=O) groups is 1. The van der Waals surface area contributed by atoms with Gasteiger partial charge in [-0.3, -0.25) is 19.9 Å². The molecule has 0 fully saturated rings. The van der Waals surface area contributed by atoms with Crippen LogP contribution in [0.5, 0.6) is 11.5 Å². The Kier molecular flexibility index (Phi) is 7.46. The topological polar surface area (TPSA) is 98.0 Å². The summed E-state index contributed by atoms with van der Waals surface area (Å²) in [5.74, 6) is 0.635. The molecule has 1 aromatic heterocycles. The Morgan fingerprint density at radius 2 is 1.81 bits per heavy atom. The van der Waals surface area contributed by atoms with Crippen LogP contribution >= 0.6 is 22.6 Å². The number of non-ortho nitro benzene ring substituents is 1. The zero-order chi connectivity index (χ0) is 23.4. The van der Waals surface area contributed by atoms with E-state index in [4.69, 9.17) is 9.47 Å². The molecule has 2 aromatic carbocycles. The van der Waals surface area contributed by atoms with Gasteiger partial charge in [0.2, 0.25) is 0 Å². The van der Waals surface area contributed by atoms with Crippen molar-refractivity contribution in [1.82, 2.24) is 9.88 Å². The van der Waals surface area contributed by atoms with Crippen molar-refractivity contribution in [3.8, 4) is 11.5 Å². The molecule has 0 saturated heterocycles. The van der Waals surface area contributed by atoms with Crippen molar-refractivity contribution in [3.05, 3.63) is 61.8 Å². The lowest BCUT2D eigenvalue weighted by Crippen LogP contribution is -2.37. The van der Waals surface area contributed by atoms with E-state index in [0.29, 0.717) is 50.3 Å². The molecule has 3 aromatic rings. The number of anilines is 1. The van der Waals surface area contributed by atoms with Gasteiger partial charge in [-0.2, -0.15) is 0 Å². The first kappa shape index (κ1) is 23.7. The van der Waals surface area contributed by atoms with Crippen LogP contribution in [0.4, 0.5) is 11.4 Å². The van der Waals surface area contributed by atoms with Gasteiger partial charge < -0.3 is 19.3 Å². The molecule has 0 aliphatic rings. The van der Waals surface area contributed by atoms with Crippen LogP contribution in [0, 0.1) is 13.7 Å². The summed E-state index contributed by atoms with van der Waals surface area (Å²) in [6.07, 6.45) is 1.55. The highest BCUT2D eigenvalue weighted by atomic mass is 127. The van der Waals surface area contributed by atoms with Crippen LogP contribution in [0.15, 0.2) is 42.6 Å². The molecule has 0 N–H and O–H groups in total. The van der Waals surface area contributed by atoms with Crippen LogP contribution < -0.4 is 14.4 Å². The lowest BCUT2D eigenvalue weighted by molar-refractivity contribution is -0.383. The van der Waals surface area contributed by atoms with Crippen molar-refractivity contribution >= 4 is 50.8 Å². The quantitative estimate of drug-likeness (QED) is 0.238. The van der Waals surface area contributed by atoms with Crippen molar-refractivity contribution in [1.29, 1.82) is 0 Å². The summed E-state index contributed by atoms with van der Waals surface area (Å²) in [7, 11) is 6.83. The molecule has 1 amide bonds. The zero-order valence-corrected chi connectivity index (χ0v) is 20.3. The second kappa shape index (κ2) is 10.1. The lowest BCUT2D eigenvalue weighted by Gasteiger charge is -2.26. The van der Waals surface area contributed by atoms with Gasteiger partial charge in [0.15, 0.2) is 11.5 Å². The molecule has 0 aliphatic carbocycles. The van der Waals surface area contributed by atoms with Gasteiger partial charge in [0.25, 0.3) is 11.6 Å². The van der Waals surface area contributed by atoms with Crippen molar-refractivity contribution in [2.45, 2.75) is 0 Å². The highest BCUT2D eigenvalue weighted by Crippen LogP contribution is 2.36. The van der Waals surface area contributed by atoms with Gasteiger partial charge in [-0.15, -0.1) is 0 Å². The van der Waals surface area contributed by atoms with Gasteiger partial charge in [-0.1, -0.05) is 6.07 Å². The predicted molar refractivity (Wildman–Crippen MR) is 131 cm³/mol. The molecule has 0 atom stereocenters. The SMILES string of the molecule is COc1cc(I)c(C(=O)N(CCN(C)C)c2ccnc3cccc([N+](=O)[O-])c23)cc1OC. The first-order chi connectivity index (χ1) is 15.3. The fourth-order valence-electron chi connectivity index (χ4n) is 3.34. The molecular weight excluding hydrogens is 527 g/mol. The maximum Gasteiger partial charge on any atom is 0.280 e. The molecule has 1 heterocycles. The number of nitro groups is 1. The van der Waals surface area contributed by atoms with E-state index < -0.39 is 4.92 Å². The lowest BCUT2D eigenvalue weighted by atomic mass is 10.1. The first-order valence-electron chi connectivity index (χ1n) is 9.68. The maximum absolute atomic E-state index is 13.8. The number of ether oxygens (including phenoxy) is 2. The Morgan fingerprint density at radius 1 is 1.12 bits per heavy atom. The third kappa shape index (κ3) is 4.75. The number of hydrogen-bond donors (Lipinski definition) is 0. The Balaban J connectivity index is 2.21. The van der Waals surface area contributed by atoms with Crippen LogP contribution in [0.3, 0.4) is 0 Å². The summed E-state index contributed by atoms with van der Waals surface area (Å²) >= 11 is 2.07. The number of halogens is 1. The van der Waals surface area contributed by atoms with E-state index >= 15 is 0 Å². The summed E-state index contributed by atoms with van der Waals surface area (Å²) in [5.41, 5.74) is 1.18. The predicted octanol–water partition coefficient (Wildman–Crippen LogP) is 3.97. The summed E-state index contributed by atoms with van der Waals surface area (Å²) in [6.45, 7) is 0.876. The van der Waals surface area contributed by atoms with Gasteiger partial charge in [-0.05, 0) is 61.0 Å². The summed E-state index contributed by atoms with van der Waals surface area (Å²) in [4.78, 5) is 32.8. The maximum atomic E-state index is 13.8.